The summed E-state index contributed by atoms with van der Waals surface area (Å²) in [6.07, 6.45) is 0.0425. The lowest BCUT2D eigenvalue weighted by Gasteiger charge is -2.38. The number of carbonyl (C=O) groups is 1. The van der Waals surface area contributed by atoms with Gasteiger partial charge in [0.25, 0.3) is 0 Å². The molecule has 29 heavy (non-hydrogen) atoms. The van der Waals surface area contributed by atoms with Gasteiger partial charge in [0, 0.05) is 26.2 Å². The summed E-state index contributed by atoms with van der Waals surface area (Å²) >= 11 is 0. The number of anilines is 1. The molecule has 2 aromatic rings. The van der Waals surface area contributed by atoms with Gasteiger partial charge in [-0.2, -0.15) is 5.26 Å². The van der Waals surface area contributed by atoms with Gasteiger partial charge in [0.15, 0.2) is 6.10 Å². The maximum Gasteiger partial charge on any atom is 0.301 e. The van der Waals surface area contributed by atoms with Gasteiger partial charge in [0.1, 0.15) is 24.2 Å². The third kappa shape index (κ3) is 4.43. The molecule has 1 unspecified atom stereocenters. The first kappa shape index (κ1) is 20.5. The highest BCUT2D eigenvalue weighted by molar-refractivity contribution is 5.77. The van der Waals surface area contributed by atoms with Gasteiger partial charge in [-0.3, -0.25) is 4.79 Å². The number of halogens is 2. The zero-order chi connectivity index (χ0) is 21.0. The van der Waals surface area contributed by atoms with Crippen molar-refractivity contribution in [2.75, 3.05) is 32.1 Å². The van der Waals surface area contributed by atoms with E-state index in [4.69, 9.17) is 9.84 Å². The molecule has 1 amide bonds. The number of aliphatic hydroxyl groups is 1. The molecule has 1 atom stereocenters. The molecule has 0 radical (unpaired) electrons. The number of alkyl halides is 2. The second-order valence-corrected chi connectivity index (χ2v) is 6.63. The second-order valence-electron chi connectivity index (χ2n) is 6.63. The van der Waals surface area contributed by atoms with Gasteiger partial charge in [0.05, 0.1) is 12.1 Å². The van der Waals surface area contributed by atoms with Gasteiger partial charge < -0.3 is 20.1 Å². The number of amides is 1. The van der Waals surface area contributed by atoms with Gasteiger partial charge in [-0.1, -0.05) is 6.07 Å². The molecule has 0 bridgehead atoms. The lowest BCUT2D eigenvalue weighted by molar-refractivity contribution is -0.161. The summed E-state index contributed by atoms with van der Waals surface area (Å²) in [7, 11) is 1.74. The number of nitrogens with one attached hydrogen (secondary N) is 1. The molecule has 1 fully saturated rings. The fraction of sp³-hybridized carbons (Fsp3) is 0.350. The number of ether oxygens (including phenoxy) is 1. The van der Waals surface area contributed by atoms with E-state index in [1.807, 2.05) is 6.07 Å². The molecule has 1 aliphatic rings. The molecule has 9 heteroatoms. The highest BCUT2D eigenvalue weighted by Crippen LogP contribution is 2.34. The van der Waals surface area contributed by atoms with Crippen molar-refractivity contribution in [1.82, 2.24) is 9.88 Å². The van der Waals surface area contributed by atoms with Gasteiger partial charge in [-0.25, -0.2) is 13.8 Å². The molecule has 1 saturated heterocycles. The van der Waals surface area contributed by atoms with E-state index in [1.165, 1.54) is 6.07 Å². The van der Waals surface area contributed by atoms with Crippen LogP contribution in [0.4, 0.5) is 14.6 Å². The SMILES string of the molecule is CNc1cc(-c2ccc(OC3CCN(C(=O)CO)CC3(F)F)c(C#N)c2)ccn1. The number of aromatic nitrogens is 1. The number of benzene rings is 1. The Morgan fingerprint density at radius 1 is 1.41 bits per heavy atom. The Hall–Kier alpha value is -3.25. The van der Waals surface area contributed by atoms with E-state index in [9.17, 15) is 18.8 Å². The van der Waals surface area contributed by atoms with Crippen LogP contribution in [0.5, 0.6) is 5.75 Å². The number of hydrogen-bond donors (Lipinski definition) is 2. The summed E-state index contributed by atoms with van der Waals surface area (Å²) < 4.78 is 34.4. The maximum absolute atomic E-state index is 14.5. The molecule has 0 aliphatic carbocycles. The highest BCUT2D eigenvalue weighted by atomic mass is 19.3. The van der Waals surface area contributed by atoms with Crippen molar-refractivity contribution in [1.29, 1.82) is 5.26 Å². The van der Waals surface area contributed by atoms with Crippen LogP contribution in [-0.2, 0) is 4.79 Å². The summed E-state index contributed by atoms with van der Waals surface area (Å²) in [5.41, 5.74) is 1.67. The Kier molecular flexibility index (Phi) is 5.94. The number of nitrogens with zero attached hydrogens (tertiary/aromatic N) is 3. The Labute approximate surface area is 166 Å². The molecular weight excluding hydrogens is 382 g/mol. The minimum absolute atomic E-state index is 0.0451. The molecular formula is C20H20F2N4O3. The zero-order valence-electron chi connectivity index (χ0n) is 15.7. The van der Waals surface area contributed by atoms with E-state index in [1.54, 1.807) is 37.5 Å². The molecule has 1 aromatic carbocycles. The Morgan fingerprint density at radius 3 is 2.83 bits per heavy atom. The predicted octanol–water partition coefficient (Wildman–Crippen LogP) is 2.27. The van der Waals surface area contributed by atoms with Crippen LogP contribution in [0.2, 0.25) is 0 Å². The number of rotatable bonds is 5. The van der Waals surface area contributed by atoms with Crippen LogP contribution in [0.15, 0.2) is 36.5 Å². The Balaban J connectivity index is 1.81. The van der Waals surface area contributed by atoms with E-state index in [2.05, 4.69) is 10.3 Å². The largest absolute Gasteiger partial charge is 0.483 e. The zero-order valence-corrected chi connectivity index (χ0v) is 15.7. The number of hydrogen-bond acceptors (Lipinski definition) is 6. The average molecular weight is 402 g/mol. The summed E-state index contributed by atoms with van der Waals surface area (Å²) in [5.74, 6) is -3.33. The third-order valence-electron chi connectivity index (χ3n) is 4.74. The lowest BCUT2D eigenvalue weighted by atomic mass is 10.0. The first-order valence-electron chi connectivity index (χ1n) is 8.99. The second kappa shape index (κ2) is 8.41. The van der Waals surface area contributed by atoms with Crippen molar-refractivity contribution in [3.63, 3.8) is 0 Å². The molecule has 3 rings (SSSR count). The fourth-order valence-electron chi connectivity index (χ4n) is 3.18. The van der Waals surface area contributed by atoms with Crippen LogP contribution in [0.1, 0.15) is 12.0 Å². The van der Waals surface area contributed by atoms with Gasteiger partial charge in [0.2, 0.25) is 5.91 Å². The smallest absolute Gasteiger partial charge is 0.301 e. The van der Waals surface area contributed by atoms with E-state index in [-0.39, 0.29) is 24.3 Å². The highest BCUT2D eigenvalue weighted by Gasteiger charge is 2.47. The van der Waals surface area contributed by atoms with Crippen molar-refractivity contribution in [2.24, 2.45) is 0 Å². The monoisotopic (exact) mass is 402 g/mol. The fourth-order valence-corrected chi connectivity index (χ4v) is 3.18. The standard InChI is InChI=1S/C20H20F2N4O3/c1-24-18-9-14(4-6-25-18)13-2-3-16(15(8-13)10-23)29-17-5-7-26(19(28)11-27)12-20(17,21)22/h2-4,6,8-9,17,27H,5,7,11-12H2,1H3,(H,24,25). The topological polar surface area (TPSA) is 98.5 Å². The number of aliphatic hydroxyl groups excluding tert-OH is 1. The number of nitriles is 1. The summed E-state index contributed by atoms with van der Waals surface area (Å²) in [6, 6.07) is 10.3. The molecule has 0 spiro atoms. The summed E-state index contributed by atoms with van der Waals surface area (Å²) in [4.78, 5) is 16.5. The molecule has 0 saturated carbocycles. The predicted molar refractivity (Wildman–Crippen MR) is 102 cm³/mol. The van der Waals surface area contributed by atoms with Gasteiger partial charge in [-0.15, -0.1) is 0 Å². The quantitative estimate of drug-likeness (QED) is 0.796. The molecule has 2 N–H and O–H groups in total. The van der Waals surface area contributed by atoms with Crippen LogP contribution in [0.25, 0.3) is 11.1 Å². The van der Waals surface area contributed by atoms with Crippen LogP contribution < -0.4 is 10.1 Å². The van der Waals surface area contributed by atoms with Crippen LogP contribution in [0, 0.1) is 11.3 Å². The van der Waals surface area contributed by atoms with E-state index in [0.29, 0.717) is 5.82 Å². The van der Waals surface area contributed by atoms with Crippen molar-refractivity contribution in [2.45, 2.75) is 18.4 Å². The normalized spacial score (nSPS) is 18.0. The first-order valence-corrected chi connectivity index (χ1v) is 8.99. The maximum atomic E-state index is 14.5. The molecule has 2 heterocycles. The molecule has 1 aromatic heterocycles. The molecule has 1 aliphatic heterocycles. The Morgan fingerprint density at radius 2 is 2.17 bits per heavy atom. The minimum atomic E-state index is -3.30. The molecule has 152 valence electrons. The van der Waals surface area contributed by atoms with Gasteiger partial charge >= 0.3 is 5.92 Å². The minimum Gasteiger partial charge on any atom is -0.483 e. The number of likely N-dealkylation sites (tertiary alicyclic amines) is 1. The number of piperidine rings is 1. The van der Waals surface area contributed by atoms with Crippen molar-refractivity contribution in [3.8, 4) is 22.9 Å². The number of pyridine rings is 1. The van der Waals surface area contributed by atoms with Crippen LogP contribution in [0.3, 0.4) is 0 Å². The van der Waals surface area contributed by atoms with E-state index < -0.39 is 31.1 Å². The Bertz CT molecular complexity index is 946. The third-order valence-corrected chi connectivity index (χ3v) is 4.74. The summed E-state index contributed by atoms with van der Waals surface area (Å²) in [5, 5.41) is 21.3. The lowest BCUT2D eigenvalue weighted by Crippen LogP contribution is -2.55. The van der Waals surface area contributed by atoms with Crippen molar-refractivity contribution >= 4 is 11.7 Å². The van der Waals surface area contributed by atoms with Crippen LogP contribution in [-0.4, -0.2) is 59.7 Å². The first-order chi connectivity index (χ1) is 13.9. The van der Waals surface area contributed by atoms with Crippen LogP contribution >= 0.6 is 0 Å². The average Bonchev–Trinajstić information content (AvgIpc) is 2.74. The van der Waals surface area contributed by atoms with Crippen molar-refractivity contribution in [3.05, 3.63) is 42.1 Å². The molecule has 7 nitrogen and oxygen atoms in total. The van der Waals surface area contributed by atoms with Gasteiger partial charge in [-0.05, 0) is 35.4 Å². The summed E-state index contributed by atoms with van der Waals surface area (Å²) in [6.45, 7) is -1.60. The van der Waals surface area contributed by atoms with Crippen molar-refractivity contribution < 1.29 is 23.4 Å². The van der Waals surface area contributed by atoms with E-state index in [0.717, 1.165) is 16.0 Å². The van der Waals surface area contributed by atoms with E-state index >= 15 is 0 Å². The number of carbonyl (C=O) groups excluding carboxylic acids is 1.